The van der Waals surface area contributed by atoms with Crippen molar-refractivity contribution in [3.05, 3.63) is 47.5 Å². The first-order chi connectivity index (χ1) is 17.5. The van der Waals surface area contributed by atoms with Gasteiger partial charge in [0.15, 0.2) is 5.13 Å². The van der Waals surface area contributed by atoms with Crippen LogP contribution in [0, 0.1) is 5.92 Å². The average Bonchev–Trinajstić information content (AvgIpc) is 3.52. The third kappa shape index (κ3) is 6.02. The molecule has 0 radical (unpaired) electrons. The van der Waals surface area contributed by atoms with Crippen molar-refractivity contribution in [3.63, 3.8) is 0 Å². The van der Waals surface area contributed by atoms with Crippen molar-refractivity contribution in [2.24, 2.45) is 5.92 Å². The van der Waals surface area contributed by atoms with E-state index in [1.54, 1.807) is 29.0 Å². The summed E-state index contributed by atoms with van der Waals surface area (Å²) in [6.07, 6.45) is 0.970. The molecule has 2 aromatic carbocycles. The van der Waals surface area contributed by atoms with E-state index in [0.29, 0.717) is 34.5 Å². The van der Waals surface area contributed by atoms with Gasteiger partial charge in [-0.15, -0.1) is 12.4 Å². The summed E-state index contributed by atoms with van der Waals surface area (Å²) in [5.74, 6) is 0.0501. The summed E-state index contributed by atoms with van der Waals surface area (Å²) < 4.78 is 11.7. The van der Waals surface area contributed by atoms with Crippen LogP contribution in [0.4, 0.5) is 10.8 Å². The summed E-state index contributed by atoms with van der Waals surface area (Å²) in [6, 6.07) is 13.1. The first kappa shape index (κ1) is 27.6. The fourth-order valence-corrected chi connectivity index (χ4v) is 6.04. The first-order valence-electron chi connectivity index (χ1n) is 12.1. The Morgan fingerprint density at radius 2 is 1.97 bits per heavy atom. The highest BCUT2D eigenvalue weighted by Crippen LogP contribution is 2.39. The lowest BCUT2D eigenvalue weighted by molar-refractivity contribution is -0.124. The number of halogens is 2. The van der Waals surface area contributed by atoms with Crippen LogP contribution in [0.15, 0.2) is 42.5 Å². The molecule has 0 N–H and O–H groups in total. The molecule has 2 fully saturated rings. The van der Waals surface area contributed by atoms with Gasteiger partial charge in [-0.05, 0) is 30.7 Å². The van der Waals surface area contributed by atoms with Gasteiger partial charge < -0.3 is 14.4 Å². The molecule has 1 unspecified atom stereocenters. The fraction of sp³-hybridized carbons (Fsp3) is 0.423. The van der Waals surface area contributed by atoms with Crippen LogP contribution in [0.5, 0.6) is 5.75 Å². The minimum Gasteiger partial charge on any atom is -0.494 e. The molecule has 2 saturated heterocycles. The Balaban J connectivity index is 0.00000320. The summed E-state index contributed by atoms with van der Waals surface area (Å²) in [6.45, 7) is 4.98. The van der Waals surface area contributed by atoms with Crippen molar-refractivity contribution in [1.82, 2.24) is 9.88 Å². The van der Waals surface area contributed by atoms with Gasteiger partial charge in [0.25, 0.3) is 0 Å². The smallest absolute Gasteiger partial charge is 0.234 e. The molecule has 8 nitrogen and oxygen atoms in total. The molecule has 0 saturated carbocycles. The number of ether oxygens (including phenoxy) is 2. The Morgan fingerprint density at radius 1 is 1.22 bits per heavy atom. The van der Waals surface area contributed by atoms with Crippen molar-refractivity contribution in [1.29, 1.82) is 0 Å². The molecule has 2 aliphatic heterocycles. The number of aromatic nitrogens is 1. The van der Waals surface area contributed by atoms with Crippen LogP contribution in [0.2, 0.25) is 5.02 Å². The molecule has 2 amide bonds. The number of methoxy groups -OCH3 is 1. The number of nitrogens with zero attached hydrogens (tertiary/aromatic N) is 4. The largest absolute Gasteiger partial charge is 0.494 e. The minimum absolute atomic E-state index is 0. The molecule has 0 bridgehead atoms. The van der Waals surface area contributed by atoms with E-state index in [1.807, 2.05) is 30.3 Å². The minimum atomic E-state index is -0.439. The summed E-state index contributed by atoms with van der Waals surface area (Å²) in [5.41, 5.74) is 1.46. The summed E-state index contributed by atoms with van der Waals surface area (Å²) in [7, 11) is 1.59. The lowest BCUT2D eigenvalue weighted by Crippen LogP contribution is -2.41. The van der Waals surface area contributed by atoms with Crippen LogP contribution in [-0.4, -0.2) is 74.7 Å². The Morgan fingerprint density at radius 3 is 2.70 bits per heavy atom. The van der Waals surface area contributed by atoms with Gasteiger partial charge in [0.2, 0.25) is 11.8 Å². The SMILES string of the molecule is COc1ccc(Cl)c2sc(N(CCCN3CCOCC3)C(=O)C3CC(=O)N(c4ccccc4)C3)nc12.Cl. The first-order valence-corrected chi connectivity index (χ1v) is 13.3. The summed E-state index contributed by atoms with van der Waals surface area (Å²) >= 11 is 7.85. The number of amides is 2. The number of rotatable bonds is 8. The maximum absolute atomic E-state index is 13.9. The van der Waals surface area contributed by atoms with E-state index in [1.165, 1.54) is 11.3 Å². The van der Waals surface area contributed by atoms with Gasteiger partial charge in [-0.3, -0.25) is 19.4 Å². The number of hydrogen-bond acceptors (Lipinski definition) is 7. The van der Waals surface area contributed by atoms with Crippen LogP contribution in [0.3, 0.4) is 0 Å². The number of fused-ring (bicyclic) bond motifs is 1. The third-order valence-corrected chi connectivity index (χ3v) is 8.20. The number of hydrogen-bond donors (Lipinski definition) is 0. The van der Waals surface area contributed by atoms with Crippen LogP contribution < -0.4 is 14.5 Å². The molecule has 0 spiro atoms. The van der Waals surface area contributed by atoms with E-state index in [2.05, 4.69) is 4.90 Å². The van der Waals surface area contributed by atoms with Gasteiger partial charge in [-0.2, -0.15) is 0 Å². The number of thiazole rings is 1. The van der Waals surface area contributed by atoms with Crippen LogP contribution >= 0.6 is 35.3 Å². The molecule has 3 heterocycles. The second-order valence-corrected chi connectivity index (χ2v) is 10.3. The molecule has 11 heteroatoms. The standard InChI is InChI=1S/C26H29ClN4O4S.ClH/c1-34-21-9-8-20(27)24-23(21)28-26(36-24)30(11-5-10-29-12-14-35-15-13-29)25(33)18-16-22(32)31(17-18)19-6-3-2-4-7-19;/h2-4,6-9,18H,5,10-17H2,1H3;1H. The monoisotopic (exact) mass is 564 g/mol. The Bertz CT molecular complexity index is 1240. The van der Waals surface area contributed by atoms with Gasteiger partial charge >= 0.3 is 0 Å². The van der Waals surface area contributed by atoms with Crippen molar-refractivity contribution in [3.8, 4) is 5.75 Å². The number of carbonyl (C=O) groups is 2. The molecule has 3 aromatic rings. The molecule has 1 aromatic heterocycles. The van der Waals surface area contributed by atoms with Crippen molar-refractivity contribution in [2.75, 3.05) is 62.8 Å². The number of morpholine rings is 1. The maximum atomic E-state index is 13.9. The van der Waals surface area contributed by atoms with Gasteiger partial charge in [0, 0.05) is 44.8 Å². The summed E-state index contributed by atoms with van der Waals surface area (Å²) in [4.78, 5) is 37.3. The topological polar surface area (TPSA) is 75.2 Å². The molecule has 37 heavy (non-hydrogen) atoms. The van der Waals surface area contributed by atoms with E-state index in [-0.39, 0.29) is 30.6 Å². The number of anilines is 2. The van der Waals surface area contributed by atoms with E-state index >= 15 is 0 Å². The third-order valence-electron chi connectivity index (χ3n) is 6.67. The van der Waals surface area contributed by atoms with Crippen molar-refractivity contribution in [2.45, 2.75) is 12.8 Å². The predicted octanol–water partition coefficient (Wildman–Crippen LogP) is 4.49. The van der Waals surface area contributed by atoms with Crippen LogP contribution in [0.1, 0.15) is 12.8 Å². The molecule has 2 aliphatic rings. The zero-order chi connectivity index (χ0) is 25.1. The van der Waals surface area contributed by atoms with E-state index in [0.717, 1.165) is 49.7 Å². The zero-order valence-corrected chi connectivity index (χ0v) is 23.0. The number of carbonyl (C=O) groups excluding carboxylic acids is 2. The highest BCUT2D eigenvalue weighted by molar-refractivity contribution is 7.23. The normalized spacial score (nSPS) is 18.2. The van der Waals surface area contributed by atoms with Gasteiger partial charge in [-0.1, -0.05) is 41.1 Å². The predicted molar refractivity (Wildman–Crippen MR) is 150 cm³/mol. The highest BCUT2D eigenvalue weighted by Gasteiger charge is 2.38. The van der Waals surface area contributed by atoms with Gasteiger partial charge in [0.1, 0.15) is 11.3 Å². The molecular formula is C26H30Cl2N4O4S. The highest BCUT2D eigenvalue weighted by atomic mass is 35.5. The molecule has 5 rings (SSSR count). The Hall–Kier alpha value is -2.43. The number of para-hydroxylation sites is 1. The lowest BCUT2D eigenvalue weighted by Gasteiger charge is -2.28. The summed E-state index contributed by atoms with van der Waals surface area (Å²) in [5, 5.41) is 1.15. The molecule has 0 aliphatic carbocycles. The van der Waals surface area contributed by atoms with Gasteiger partial charge in [-0.25, -0.2) is 4.98 Å². The molecule has 1 atom stereocenters. The zero-order valence-electron chi connectivity index (χ0n) is 20.6. The second-order valence-electron chi connectivity index (χ2n) is 8.96. The van der Waals surface area contributed by atoms with Crippen molar-refractivity contribution >= 4 is 68.2 Å². The van der Waals surface area contributed by atoms with Crippen LogP contribution in [0.25, 0.3) is 10.2 Å². The molecular weight excluding hydrogens is 535 g/mol. The van der Waals surface area contributed by atoms with E-state index in [9.17, 15) is 9.59 Å². The van der Waals surface area contributed by atoms with E-state index < -0.39 is 5.92 Å². The van der Waals surface area contributed by atoms with Crippen LogP contribution in [-0.2, 0) is 14.3 Å². The lowest BCUT2D eigenvalue weighted by atomic mass is 10.1. The quantitative estimate of drug-likeness (QED) is 0.401. The fourth-order valence-electron chi connectivity index (χ4n) is 4.75. The van der Waals surface area contributed by atoms with Crippen molar-refractivity contribution < 1.29 is 19.1 Å². The van der Waals surface area contributed by atoms with Gasteiger partial charge in [0.05, 0.1) is 36.0 Å². The van der Waals surface area contributed by atoms with E-state index in [4.69, 9.17) is 26.1 Å². The average molecular weight is 566 g/mol. The second kappa shape index (κ2) is 12.4. The molecule has 198 valence electrons. The Kier molecular flexibility index (Phi) is 9.26. The number of benzene rings is 2. The maximum Gasteiger partial charge on any atom is 0.234 e. The Labute approximate surface area is 231 Å².